The molecule has 2 aromatic rings. The third-order valence-electron chi connectivity index (χ3n) is 3.68. The van der Waals surface area contributed by atoms with E-state index in [-0.39, 0.29) is 0 Å². The Hall–Kier alpha value is -1.66. The Morgan fingerprint density at radius 3 is 2.52 bits per heavy atom. The number of hydrogen-bond donors (Lipinski definition) is 3. The fraction of sp³-hybridized carbons (Fsp3) is 0.333. The van der Waals surface area contributed by atoms with Crippen LogP contribution in [0.1, 0.15) is 35.7 Å². The lowest BCUT2D eigenvalue weighted by Gasteiger charge is -2.15. The van der Waals surface area contributed by atoms with E-state index in [1.807, 2.05) is 19.1 Å². The van der Waals surface area contributed by atoms with E-state index in [0.717, 1.165) is 45.8 Å². The van der Waals surface area contributed by atoms with Crippen LogP contribution in [0.25, 0.3) is 0 Å². The first-order valence-electron chi connectivity index (χ1n) is 6.97. The van der Waals surface area contributed by atoms with Gasteiger partial charge in [-0.25, -0.2) is 15.8 Å². The van der Waals surface area contributed by atoms with Gasteiger partial charge in [0.05, 0.1) is 0 Å². The molecule has 4 N–H and O–H groups in total. The Bertz CT molecular complexity index is 682. The molecule has 1 heterocycles. The van der Waals surface area contributed by atoms with Crippen molar-refractivity contribution in [1.82, 2.24) is 9.97 Å². The van der Waals surface area contributed by atoms with Crippen LogP contribution in [0, 0.1) is 13.8 Å². The molecule has 1 aromatic carbocycles. The molecular formula is C15H18BrN5. The number of halogens is 1. The number of hydrogen-bond acceptors (Lipinski definition) is 5. The van der Waals surface area contributed by atoms with Crippen molar-refractivity contribution < 1.29 is 0 Å². The van der Waals surface area contributed by atoms with Gasteiger partial charge < -0.3 is 10.7 Å². The van der Waals surface area contributed by atoms with Gasteiger partial charge in [-0.15, -0.1) is 0 Å². The molecule has 0 unspecified atom stereocenters. The lowest BCUT2D eigenvalue weighted by Crippen LogP contribution is -2.14. The van der Waals surface area contributed by atoms with Crippen molar-refractivity contribution in [2.75, 3.05) is 10.7 Å². The Balaban J connectivity index is 1.98. The fourth-order valence-electron chi connectivity index (χ4n) is 2.22. The number of nitrogens with two attached hydrogens (primary N) is 1. The predicted octanol–water partition coefficient (Wildman–Crippen LogP) is 3.76. The van der Waals surface area contributed by atoms with Gasteiger partial charge in [-0.05, 0) is 50.5 Å². The second-order valence-electron chi connectivity index (χ2n) is 5.41. The van der Waals surface area contributed by atoms with Crippen molar-refractivity contribution in [2.45, 2.75) is 32.6 Å². The molecule has 0 radical (unpaired) electrons. The summed E-state index contributed by atoms with van der Waals surface area (Å²) in [6, 6.07) is 6.12. The second kappa shape index (κ2) is 5.61. The van der Waals surface area contributed by atoms with E-state index in [1.165, 1.54) is 0 Å². The summed E-state index contributed by atoms with van der Waals surface area (Å²) < 4.78 is 1.06. The van der Waals surface area contributed by atoms with Crippen LogP contribution in [0.5, 0.6) is 0 Å². The third-order valence-corrected chi connectivity index (χ3v) is 4.18. The van der Waals surface area contributed by atoms with Crippen molar-refractivity contribution in [2.24, 2.45) is 5.84 Å². The average Bonchev–Trinajstić information content (AvgIpc) is 3.28. The summed E-state index contributed by atoms with van der Waals surface area (Å²) in [5, 5.41) is 3.40. The van der Waals surface area contributed by atoms with Gasteiger partial charge in [-0.2, -0.15) is 0 Å². The lowest BCUT2D eigenvalue weighted by molar-refractivity contribution is 0.920. The molecule has 1 aliphatic carbocycles. The average molecular weight is 348 g/mol. The van der Waals surface area contributed by atoms with Crippen LogP contribution in [0.4, 0.5) is 17.3 Å². The molecule has 1 saturated carbocycles. The number of nitrogen functional groups attached to an aromatic ring is 1. The molecule has 21 heavy (non-hydrogen) atoms. The summed E-state index contributed by atoms with van der Waals surface area (Å²) in [4.78, 5) is 9.17. The molecule has 0 spiro atoms. The number of benzene rings is 1. The van der Waals surface area contributed by atoms with Gasteiger partial charge in [0.2, 0.25) is 0 Å². The maximum Gasteiger partial charge on any atom is 0.148 e. The monoisotopic (exact) mass is 347 g/mol. The van der Waals surface area contributed by atoms with Gasteiger partial charge in [0, 0.05) is 21.6 Å². The van der Waals surface area contributed by atoms with Crippen LogP contribution < -0.4 is 16.6 Å². The van der Waals surface area contributed by atoms with Crippen LogP contribution in [-0.2, 0) is 0 Å². The van der Waals surface area contributed by atoms with Crippen molar-refractivity contribution in [3.63, 3.8) is 0 Å². The molecule has 3 rings (SSSR count). The highest BCUT2D eigenvalue weighted by Crippen LogP contribution is 2.40. The smallest absolute Gasteiger partial charge is 0.148 e. The SMILES string of the molecule is Cc1cc(Br)ccc1Nc1nc(C2CC2)nc(NN)c1C. The molecule has 0 bridgehead atoms. The maximum absolute atomic E-state index is 5.58. The van der Waals surface area contributed by atoms with E-state index >= 15 is 0 Å². The van der Waals surface area contributed by atoms with Gasteiger partial charge in [-0.1, -0.05) is 15.9 Å². The lowest BCUT2D eigenvalue weighted by atomic mass is 10.2. The first-order valence-corrected chi connectivity index (χ1v) is 7.76. The molecule has 1 fully saturated rings. The van der Waals surface area contributed by atoms with E-state index < -0.39 is 0 Å². The summed E-state index contributed by atoms with van der Waals surface area (Å²) in [6.45, 7) is 4.02. The standard InChI is InChI=1S/C15H18BrN5/c1-8-7-11(16)5-6-12(8)18-13-9(2)14(21-17)20-15(19-13)10-3-4-10/h5-7,10H,3-4,17H2,1-2H3,(H2,18,19,20,21). The first-order chi connectivity index (χ1) is 10.1. The normalized spacial score (nSPS) is 14.1. The van der Waals surface area contributed by atoms with Crippen molar-refractivity contribution in [1.29, 1.82) is 0 Å². The highest BCUT2D eigenvalue weighted by molar-refractivity contribution is 9.10. The van der Waals surface area contributed by atoms with E-state index in [2.05, 4.69) is 49.6 Å². The quantitative estimate of drug-likeness (QED) is 0.579. The van der Waals surface area contributed by atoms with Crippen LogP contribution in [0.3, 0.4) is 0 Å². The molecule has 0 aliphatic heterocycles. The predicted molar refractivity (Wildman–Crippen MR) is 88.7 cm³/mol. The van der Waals surface area contributed by atoms with Crippen LogP contribution >= 0.6 is 15.9 Å². The minimum absolute atomic E-state index is 0.476. The molecule has 0 saturated heterocycles. The summed E-state index contributed by atoms with van der Waals surface area (Å²) in [5.74, 6) is 8.42. The molecule has 1 aliphatic rings. The zero-order valence-electron chi connectivity index (χ0n) is 12.1. The molecular weight excluding hydrogens is 330 g/mol. The second-order valence-corrected chi connectivity index (χ2v) is 6.32. The minimum atomic E-state index is 0.476. The number of anilines is 3. The van der Waals surface area contributed by atoms with E-state index in [4.69, 9.17) is 5.84 Å². The number of nitrogens with zero attached hydrogens (tertiary/aromatic N) is 2. The van der Waals surface area contributed by atoms with Crippen LogP contribution in [0.2, 0.25) is 0 Å². The van der Waals surface area contributed by atoms with E-state index in [1.54, 1.807) is 0 Å². The molecule has 1 aromatic heterocycles. The van der Waals surface area contributed by atoms with Crippen LogP contribution in [-0.4, -0.2) is 9.97 Å². The Kier molecular flexibility index (Phi) is 3.82. The fourth-order valence-corrected chi connectivity index (χ4v) is 2.69. The first kappa shape index (κ1) is 14.3. The van der Waals surface area contributed by atoms with Gasteiger partial charge in [0.15, 0.2) is 0 Å². The minimum Gasteiger partial charge on any atom is -0.340 e. The Morgan fingerprint density at radius 1 is 1.19 bits per heavy atom. The largest absolute Gasteiger partial charge is 0.340 e. The van der Waals surface area contributed by atoms with Crippen molar-refractivity contribution >= 4 is 33.3 Å². The Labute approximate surface area is 132 Å². The third kappa shape index (κ3) is 3.01. The summed E-state index contributed by atoms with van der Waals surface area (Å²) in [7, 11) is 0. The maximum atomic E-state index is 5.58. The topological polar surface area (TPSA) is 75.9 Å². The number of nitrogens with one attached hydrogen (secondary N) is 2. The molecule has 0 atom stereocenters. The zero-order chi connectivity index (χ0) is 15.0. The molecule has 0 amide bonds. The number of hydrazine groups is 1. The summed E-state index contributed by atoms with van der Waals surface area (Å²) >= 11 is 3.48. The van der Waals surface area contributed by atoms with Crippen LogP contribution in [0.15, 0.2) is 22.7 Å². The van der Waals surface area contributed by atoms with Gasteiger partial charge >= 0.3 is 0 Å². The molecule has 5 nitrogen and oxygen atoms in total. The molecule has 110 valence electrons. The highest BCUT2D eigenvalue weighted by atomic mass is 79.9. The van der Waals surface area contributed by atoms with Crippen molar-refractivity contribution in [3.05, 3.63) is 39.6 Å². The number of rotatable bonds is 4. The molecule has 6 heteroatoms. The van der Waals surface area contributed by atoms with Gasteiger partial charge in [0.25, 0.3) is 0 Å². The van der Waals surface area contributed by atoms with Gasteiger partial charge in [-0.3, -0.25) is 0 Å². The number of aromatic nitrogens is 2. The van der Waals surface area contributed by atoms with E-state index in [9.17, 15) is 0 Å². The zero-order valence-corrected chi connectivity index (χ0v) is 13.7. The highest BCUT2D eigenvalue weighted by Gasteiger charge is 2.28. The van der Waals surface area contributed by atoms with Crippen molar-refractivity contribution in [3.8, 4) is 0 Å². The number of aryl methyl sites for hydroxylation is 1. The van der Waals surface area contributed by atoms with Gasteiger partial charge in [0.1, 0.15) is 17.5 Å². The summed E-state index contributed by atoms with van der Waals surface area (Å²) in [5.41, 5.74) is 5.77. The summed E-state index contributed by atoms with van der Waals surface area (Å²) in [6.07, 6.45) is 2.31. The Morgan fingerprint density at radius 2 is 1.90 bits per heavy atom. The van der Waals surface area contributed by atoms with E-state index in [0.29, 0.717) is 11.7 Å².